The van der Waals surface area contributed by atoms with Gasteiger partial charge >= 0.3 is 17.9 Å². The summed E-state index contributed by atoms with van der Waals surface area (Å²) in [5.74, 6) is -0.849. The zero-order chi connectivity index (χ0) is 40.1. The molecule has 0 aromatic heterocycles. The van der Waals surface area contributed by atoms with Crippen molar-refractivity contribution < 1.29 is 28.6 Å². The second kappa shape index (κ2) is 45.1. The van der Waals surface area contributed by atoms with Crippen LogP contribution in [0.3, 0.4) is 0 Å². The van der Waals surface area contributed by atoms with Gasteiger partial charge in [-0.05, 0) is 19.3 Å². The molecule has 0 unspecified atom stereocenters. The van der Waals surface area contributed by atoms with Gasteiger partial charge in [0.1, 0.15) is 13.2 Å². The molecule has 0 aliphatic rings. The highest BCUT2D eigenvalue weighted by molar-refractivity contribution is 5.71. The largest absolute Gasteiger partial charge is 0.462 e. The minimum atomic E-state index is -0.758. The third kappa shape index (κ3) is 43.4. The van der Waals surface area contributed by atoms with Crippen molar-refractivity contribution in [1.82, 2.24) is 0 Å². The van der Waals surface area contributed by atoms with Crippen molar-refractivity contribution in [3.63, 3.8) is 0 Å². The van der Waals surface area contributed by atoms with Crippen LogP contribution in [0.1, 0.15) is 278 Å². The van der Waals surface area contributed by atoms with Crippen LogP contribution >= 0.6 is 0 Å². The second-order valence-electron chi connectivity index (χ2n) is 16.7. The lowest BCUT2D eigenvalue weighted by Gasteiger charge is -2.18. The van der Waals surface area contributed by atoms with Crippen LogP contribution in [0.4, 0.5) is 0 Å². The summed E-state index contributed by atoms with van der Waals surface area (Å²) >= 11 is 0. The van der Waals surface area contributed by atoms with Crippen molar-refractivity contribution in [2.24, 2.45) is 0 Å². The second-order valence-corrected chi connectivity index (χ2v) is 16.7. The molecule has 0 amide bonds. The number of esters is 3. The molecule has 6 nitrogen and oxygen atoms in total. The zero-order valence-electron chi connectivity index (χ0n) is 37.2. The lowest BCUT2D eigenvalue weighted by atomic mass is 10.0. The first-order valence-corrected chi connectivity index (χ1v) is 24.5. The molecule has 326 valence electrons. The molecule has 0 radical (unpaired) electrons. The fourth-order valence-corrected chi connectivity index (χ4v) is 7.38. The predicted molar refractivity (Wildman–Crippen MR) is 233 cm³/mol. The fraction of sp³-hybridized carbons (Fsp3) is 0.939. The van der Waals surface area contributed by atoms with Gasteiger partial charge in [0, 0.05) is 19.3 Å². The standard InChI is InChI=1S/C49H94O6/c1-4-7-10-13-16-19-21-23-24-25-26-28-31-33-36-39-42-48(51)54-45-46(55-49(52)43-40-37-34-29-18-15-12-9-6-3)44-53-47(50)41-38-35-32-30-27-22-20-17-14-11-8-5-2/h46H,4-45H2,1-3H3/t46-/m1/s1. The lowest BCUT2D eigenvalue weighted by molar-refractivity contribution is -0.167. The fourth-order valence-electron chi connectivity index (χ4n) is 7.38. The van der Waals surface area contributed by atoms with E-state index in [2.05, 4.69) is 20.8 Å². The molecule has 0 aliphatic carbocycles. The van der Waals surface area contributed by atoms with Crippen molar-refractivity contribution >= 4 is 17.9 Å². The third-order valence-electron chi connectivity index (χ3n) is 11.1. The minimum Gasteiger partial charge on any atom is -0.462 e. The summed E-state index contributed by atoms with van der Waals surface area (Å²) in [7, 11) is 0. The number of ether oxygens (including phenoxy) is 3. The monoisotopic (exact) mass is 779 g/mol. The maximum Gasteiger partial charge on any atom is 0.306 e. The van der Waals surface area contributed by atoms with Crippen LogP contribution in [0.5, 0.6) is 0 Å². The maximum atomic E-state index is 12.7. The van der Waals surface area contributed by atoms with E-state index in [1.54, 1.807) is 0 Å². The van der Waals surface area contributed by atoms with Crippen molar-refractivity contribution in [3.05, 3.63) is 0 Å². The van der Waals surface area contributed by atoms with E-state index in [-0.39, 0.29) is 31.1 Å². The molecular weight excluding hydrogens is 685 g/mol. The molecule has 0 spiro atoms. The van der Waals surface area contributed by atoms with Crippen LogP contribution in [0, 0.1) is 0 Å². The van der Waals surface area contributed by atoms with E-state index in [1.165, 1.54) is 180 Å². The summed E-state index contributed by atoms with van der Waals surface area (Å²) in [6, 6.07) is 0. The van der Waals surface area contributed by atoms with E-state index in [0.29, 0.717) is 19.3 Å². The lowest BCUT2D eigenvalue weighted by Crippen LogP contribution is -2.30. The topological polar surface area (TPSA) is 78.9 Å². The summed E-state index contributed by atoms with van der Waals surface area (Å²) in [5, 5.41) is 0. The number of carbonyl (C=O) groups is 3. The van der Waals surface area contributed by atoms with Crippen molar-refractivity contribution in [2.75, 3.05) is 13.2 Å². The number of hydrogen-bond acceptors (Lipinski definition) is 6. The van der Waals surface area contributed by atoms with E-state index in [4.69, 9.17) is 14.2 Å². The number of carbonyl (C=O) groups excluding carboxylic acids is 3. The normalized spacial score (nSPS) is 11.8. The summed E-state index contributed by atoms with van der Waals surface area (Å²) in [5.41, 5.74) is 0. The Morgan fingerprint density at radius 2 is 0.491 bits per heavy atom. The Morgan fingerprint density at radius 3 is 0.727 bits per heavy atom. The summed E-state index contributed by atoms with van der Waals surface area (Å²) < 4.78 is 16.7. The molecule has 0 fully saturated rings. The van der Waals surface area contributed by atoms with E-state index in [1.807, 2.05) is 0 Å². The van der Waals surface area contributed by atoms with Gasteiger partial charge in [-0.15, -0.1) is 0 Å². The van der Waals surface area contributed by atoms with Crippen LogP contribution in [-0.4, -0.2) is 37.2 Å². The molecular formula is C49H94O6. The molecule has 0 bridgehead atoms. The number of rotatable bonds is 45. The average molecular weight is 779 g/mol. The Labute approximate surface area is 342 Å². The van der Waals surface area contributed by atoms with Gasteiger partial charge in [-0.2, -0.15) is 0 Å². The smallest absolute Gasteiger partial charge is 0.306 e. The summed E-state index contributed by atoms with van der Waals surface area (Å²) in [6.45, 7) is 6.65. The van der Waals surface area contributed by atoms with Gasteiger partial charge in [0.05, 0.1) is 0 Å². The Hall–Kier alpha value is -1.59. The molecule has 0 rings (SSSR count). The molecule has 6 heteroatoms. The van der Waals surface area contributed by atoms with Crippen LogP contribution < -0.4 is 0 Å². The highest BCUT2D eigenvalue weighted by Crippen LogP contribution is 2.16. The SMILES string of the molecule is CCCCCCCCCCCCCCCCCCC(=O)OC[C@@H](COC(=O)CCCCCCCCCCCCCC)OC(=O)CCCCCCCCCCC. The minimum absolute atomic E-state index is 0.0624. The highest BCUT2D eigenvalue weighted by atomic mass is 16.6. The predicted octanol–water partition coefficient (Wildman–Crippen LogP) is 15.6. The van der Waals surface area contributed by atoms with Gasteiger partial charge in [-0.25, -0.2) is 0 Å². The van der Waals surface area contributed by atoms with E-state index >= 15 is 0 Å². The third-order valence-corrected chi connectivity index (χ3v) is 11.1. The average Bonchev–Trinajstić information content (AvgIpc) is 3.18. The quantitative estimate of drug-likeness (QED) is 0.0348. The molecule has 0 saturated carbocycles. The molecule has 0 heterocycles. The Kier molecular flexibility index (Phi) is 43.8. The van der Waals surface area contributed by atoms with Crippen molar-refractivity contribution in [3.8, 4) is 0 Å². The van der Waals surface area contributed by atoms with Crippen LogP contribution in [0.2, 0.25) is 0 Å². The van der Waals surface area contributed by atoms with E-state index < -0.39 is 6.10 Å². The molecule has 0 aromatic carbocycles. The molecule has 0 saturated heterocycles. The first kappa shape index (κ1) is 53.4. The first-order chi connectivity index (χ1) is 27.0. The molecule has 0 aliphatic heterocycles. The maximum absolute atomic E-state index is 12.7. The zero-order valence-corrected chi connectivity index (χ0v) is 37.2. The van der Waals surface area contributed by atoms with Crippen molar-refractivity contribution in [2.45, 2.75) is 284 Å². The van der Waals surface area contributed by atoms with Crippen LogP contribution in [0.25, 0.3) is 0 Å². The van der Waals surface area contributed by atoms with Crippen molar-refractivity contribution in [1.29, 1.82) is 0 Å². The Morgan fingerprint density at radius 1 is 0.291 bits per heavy atom. The summed E-state index contributed by atoms with van der Waals surface area (Å²) in [6.07, 6.45) is 46.6. The van der Waals surface area contributed by atoms with Gasteiger partial charge in [-0.1, -0.05) is 239 Å². The van der Waals surface area contributed by atoms with E-state index in [9.17, 15) is 14.4 Å². The molecule has 0 N–H and O–H groups in total. The Balaban J connectivity index is 4.24. The molecule has 1 atom stereocenters. The van der Waals surface area contributed by atoms with Gasteiger partial charge < -0.3 is 14.2 Å². The van der Waals surface area contributed by atoms with Gasteiger partial charge in [0.2, 0.25) is 0 Å². The van der Waals surface area contributed by atoms with Crippen LogP contribution in [0.15, 0.2) is 0 Å². The van der Waals surface area contributed by atoms with E-state index in [0.717, 1.165) is 57.8 Å². The number of hydrogen-bond donors (Lipinski definition) is 0. The Bertz CT molecular complexity index is 813. The molecule has 55 heavy (non-hydrogen) atoms. The van der Waals surface area contributed by atoms with Gasteiger partial charge in [-0.3, -0.25) is 14.4 Å². The summed E-state index contributed by atoms with van der Waals surface area (Å²) in [4.78, 5) is 37.7. The highest BCUT2D eigenvalue weighted by Gasteiger charge is 2.19. The van der Waals surface area contributed by atoms with Gasteiger partial charge in [0.25, 0.3) is 0 Å². The van der Waals surface area contributed by atoms with Gasteiger partial charge in [0.15, 0.2) is 6.10 Å². The molecule has 0 aromatic rings. The number of unbranched alkanes of at least 4 members (excludes halogenated alkanes) is 34. The van der Waals surface area contributed by atoms with Crippen LogP contribution in [-0.2, 0) is 28.6 Å². The first-order valence-electron chi connectivity index (χ1n) is 24.5.